The van der Waals surface area contributed by atoms with E-state index in [9.17, 15) is 0 Å². The molecule has 1 aromatic carbocycles. The number of pyridine rings is 1. The second kappa shape index (κ2) is 6.17. The quantitative estimate of drug-likeness (QED) is 0.877. The fraction of sp³-hybridized carbons (Fsp3) is 0.267. The average Bonchev–Trinajstić information content (AvgIpc) is 2.40. The Hall–Kier alpha value is -1.87. The first-order valence-corrected chi connectivity index (χ1v) is 6.10. The third kappa shape index (κ3) is 3.57. The van der Waals surface area contributed by atoms with E-state index in [1.165, 1.54) is 0 Å². The van der Waals surface area contributed by atoms with E-state index >= 15 is 0 Å². The summed E-state index contributed by atoms with van der Waals surface area (Å²) in [7, 11) is 0. The number of nitrogens with two attached hydrogens (primary N) is 1. The second-order valence-corrected chi connectivity index (χ2v) is 4.35. The Morgan fingerprint density at radius 3 is 2.72 bits per heavy atom. The van der Waals surface area contributed by atoms with Gasteiger partial charge in [-0.05, 0) is 30.2 Å². The summed E-state index contributed by atoms with van der Waals surface area (Å²) < 4.78 is 5.63. The SMILES string of the molecule is Cc1cncc(C(N)CCOc2ccccc2)c1. The molecule has 0 fully saturated rings. The minimum Gasteiger partial charge on any atom is -0.494 e. The molecule has 1 unspecified atom stereocenters. The van der Waals surface area contributed by atoms with Crippen molar-refractivity contribution in [1.29, 1.82) is 0 Å². The van der Waals surface area contributed by atoms with Crippen molar-refractivity contribution in [3.05, 3.63) is 59.9 Å². The van der Waals surface area contributed by atoms with Crippen LogP contribution in [0.2, 0.25) is 0 Å². The van der Waals surface area contributed by atoms with Gasteiger partial charge in [0.05, 0.1) is 6.61 Å². The molecule has 3 nitrogen and oxygen atoms in total. The molecule has 0 saturated carbocycles. The highest BCUT2D eigenvalue weighted by molar-refractivity contribution is 5.21. The summed E-state index contributed by atoms with van der Waals surface area (Å²) in [6, 6.07) is 11.8. The molecule has 18 heavy (non-hydrogen) atoms. The molecule has 1 atom stereocenters. The van der Waals surface area contributed by atoms with E-state index in [1.807, 2.05) is 49.6 Å². The average molecular weight is 242 g/mol. The largest absolute Gasteiger partial charge is 0.494 e. The molecular weight excluding hydrogens is 224 g/mol. The van der Waals surface area contributed by atoms with Gasteiger partial charge >= 0.3 is 0 Å². The number of aromatic nitrogens is 1. The molecule has 1 heterocycles. The lowest BCUT2D eigenvalue weighted by molar-refractivity contribution is 0.298. The van der Waals surface area contributed by atoms with Crippen LogP contribution < -0.4 is 10.5 Å². The Labute approximate surface area is 108 Å². The number of aryl methyl sites for hydroxylation is 1. The summed E-state index contributed by atoms with van der Waals surface area (Å²) in [5.41, 5.74) is 8.30. The maximum Gasteiger partial charge on any atom is 0.119 e. The van der Waals surface area contributed by atoms with E-state index < -0.39 is 0 Å². The van der Waals surface area contributed by atoms with Gasteiger partial charge in [-0.1, -0.05) is 24.3 Å². The summed E-state index contributed by atoms with van der Waals surface area (Å²) in [4.78, 5) is 4.15. The first-order valence-electron chi connectivity index (χ1n) is 6.10. The van der Waals surface area contributed by atoms with Crippen molar-refractivity contribution in [3.8, 4) is 5.75 Å². The number of nitrogens with zero attached hydrogens (tertiary/aromatic N) is 1. The molecule has 2 aromatic rings. The summed E-state index contributed by atoms with van der Waals surface area (Å²) in [5, 5.41) is 0. The Kier molecular flexibility index (Phi) is 4.31. The smallest absolute Gasteiger partial charge is 0.119 e. The Morgan fingerprint density at radius 2 is 2.00 bits per heavy atom. The predicted molar refractivity (Wildman–Crippen MR) is 72.5 cm³/mol. The molecule has 0 aliphatic heterocycles. The Balaban J connectivity index is 1.83. The summed E-state index contributed by atoms with van der Waals surface area (Å²) in [6.07, 6.45) is 4.43. The molecular formula is C15H18N2O. The summed E-state index contributed by atoms with van der Waals surface area (Å²) >= 11 is 0. The van der Waals surface area contributed by atoms with Crippen LogP contribution in [0.25, 0.3) is 0 Å². The molecule has 0 spiro atoms. The van der Waals surface area contributed by atoms with Crippen LogP contribution in [-0.4, -0.2) is 11.6 Å². The van der Waals surface area contributed by atoms with Gasteiger partial charge < -0.3 is 10.5 Å². The Morgan fingerprint density at radius 1 is 1.22 bits per heavy atom. The van der Waals surface area contributed by atoms with Crippen LogP contribution in [-0.2, 0) is 0 Å². The summed E-state index contributed by atoms with van der Waals surface area (Å²) in [5.74, 6) is 0.882. The second-order valence-electron chi connectivity index (χ2n) is 4.35. The van der Waals surface area contributed by atoms with E-state index in [4.69, 9.17) is 10.5 Å². The van der Waals surface area contributed by atoms with Gasteiger partial charge in [-0.2, -0.15) is 0 Å². The van der Waals surface area contributed by atoms with Crippen LogP contribution in [0.4, 0.5) is 0 Å². The molecule has 3 heteroatoms. The van der Waals surface area contributed by atoms with Crippen LogP contribution >= 0.6 is 0 Å². The molecule has 0 radical (unpaired) electrons. The number of hydrogen-bond acceptors (Lipinski definition) is 3. The highest BCUT2D eigenvalue weighted by Crippen LogP contribution is 2.15. The van der Waals surface area contributed by atoms with Crippen LogP contribution in [0, 0.1) is 6.92 Å². The van der Waals surface area contributed by atoms with Crippen molar-refractivity contribution < 1.29 is 4.74 Å². The first-order chi connectivity index (χ1) is 8.75. The number of ether oxygens (including phenoxy) is 1. The summed E-state index contributed by atoms with van der Waals surface area (Å²) in [6.45, 7) is 2.63. The maximum absolute atomic E-state index is 6.11. The topological polar surface area (TPSA) is 48.1 Å². The van der Waals surface area contributed by atoms with E-state index in [0.717, 1.165) is 23.3 Å². The Bertz CT molecular complexity index is 485. The lowest BCUT2D eigenvalue weighted by atomic mass is 10.1. The van der Waals surface area contributed by atoms with Crippen molar-refractivity contribution in [2.45, 2.75) is 19.4 Å². The van der Waals surface area contributed by atoms with Gasteiger partial charge in [-0.3, -0.25) is 4.98 Å². The zero-order chi connectivity index (χ0) is 12.8. The third-order valence-electron chi connectivity index (χ3n) is 2.77. The lowest BCUT2D eigenvalue weighted by Crippen LogP contribution is -2.14. The van der Waals surface area contributed by atoms with Crippen molar-refractivity contribution >= 4 is 0 Å². The van der Waals surface area contributed by atoms with Crippen LogP contribution in [0.5, 0.6) is 5.75 Å². The first kappa shape index (κ1) is 12.6. The molecule has 0 aliphatic carbocycles. The van der Waals surface area contributed by atoms with Gasteiger partial charge in [-0.15, -0.1) is 0 Å². The standard InChI is InChI=1S/C15H18N2O/c1-12-9-13(11-17-10-12)15(16)7-8-18-14-5-3-2-4-6-14/h2-6,9-11,15H,7-8,16H2,1H3. The van der Waals surface area contributed by atoms with Gasteiger partial charge in [0.25, 0.3) is 0 Å². The van der Waals surface area contributed by atoms with Crippen LogP contribution in [0.15, 0.2) is 48.8 Å². The predicted octanol–water partition coefficient (Wildman–Crippen LogP) is 2.86. The third-order valence-corrected chi connectivity index (χ3v) is 2.77. The normalized spacial score (nSPS) is 12.1. The maximum atomic E-state index is 6.11. The van der Waals surface area contributed by atoms with E-state index in [1.54, 1.807) is 0 Å². The van der Waals surface area contributed by atoms with Gasteiger partial charge in [0, 0.05) is 24.9 Å². The number of para-hydroxylation sites is 1. The van der Waals surface area contributed by atoms with Crippen LogP contribution in [0.3, 0.4) is 0 Å². The number of hydrogen-bond donors (Lipinski definition) is 1. The zero-order valence-corrected chi connectivity index (χ0v) is 10.5. The van der Waals surface area contributed by atoms with Gasteiger partial charge in [-0.25, -0.2) is 0 Å². The minimum atomic E-state index is -0.0267. The highest BCUT2D eigenvalue weighted by Gasteiger charge is 2.06. The van der Waals surface area contributed by atoms with E-state index in [0.29, 0.717) is 6.61 Å². The van der Waals surface area contributed by atoms with Crippen molar-refractivity contribution in [2.75, 3.05) is 6.61 Å². The van der Waals surface area contributed by atoms with Gasteiger partial charge in [0.1, 0.15) is 5.75 Å². The van der Waals surface area contributed by atoms with Crippen molar-refractivity contribution in [2.24, 2.45) is 5.73 Å². The molecule has 0 saturated heterocycles. The monoisotopic (exact) mass is 242 g/mol. The van der Waals surface area contributed by atoms with Crippen molar-refractivity contribution in [3.63, 3.8) is 0 Å². The van der Waals surface area contributed by atoms with Gasteiger partial charge in [0.15, 0.2) is 0 Å². The van der Waals surface area contributed by atoms with Gasteiger partial charge in [0.2, 0.25) is 0 Å². The van der Waals surface area contributed by atoms with Crippen molar-refractivity contribution in [1.82, 2.24) is 4.98 Å². The fourth-order valence-corrected chi connectivity index (χ4v) is 1.77. The lowest BCUT2D eigenvalue weighted by Gasteiger charge is -2.13. The molecule has 2 N–H and O–H groups in total. The van der Waals surface area contributed by atoms with E-state index in [-0.39, 0.29) is 6.04 Å². The number of rotatable bonds is 5. The molecule has 94 valence electrons. The number of benzene rings is 1. The highest BCUT2D eigenvalue weighted by atomic mass is 16.5. The molecule has 0 amide bonds. The molecule has 0 bridgehead atoms. The minimum absolute atomic E-state index is 0.0267. The van der Waals surface area contributed by atoms with E-state index in [2.05, 4.69) is 11.1 Å². The molecule has 2 rings (SSSR count). The van der Waals surface area contributed by atoms with Crippen LogP contribution in [0.1, 0.15) is 23.6 Å². The molecule has 0 aliphatic rings. The molecule has 1 aromatic heterocycles. The fourth-order valence-electron chi connectivity index (χ4n) is 1.77. The zero-order valence-electron chi connectivity index (χ0n) is 10.5.